The predicted octanol–water partition coefficient (Wildman–Crippen LogP) is 3.43. The lowest BCUT2D eigenvalue weighted by Gasteiger charge is -2.14. The molecule has 0 saturated heterocycles. The molecule has 0 fully saturated rings. The van der Waals surface area contributed by atoms with Crippen molar-refractivity contribution in [2.24, 2.45) is 0 Å². The second-order valence-corrected chi connectivity index (χ2v) is 3.43. The summed E-state index contributed by atoms with van der Waals surface area (Å²) in [5, 5.41) is 10.5. The number of hydrogen-bond acceptors (Lipinski definition) is 3. The molecule has 0 saturated carbocycles. The van der Waals surface area contributed by atoms with Gasteiger partial charge in [0.2, 0.25) is 0 Å². The molecule has 0 bridgehead atoms. The van der Waals surface area contributed by atoms with Crippen LogP contribution < -0.4 is 4.74 Å². The van der Waals surface area contributed by atoms with Crippen molar-refractivity contribution in [3.05, 3.63) is 40.8 Å². The van der Waals surface area contributed by atoms with Crippen molar-refractivity contribution in [2.45, 2.75) is 19.2 Å². The van der Waals surface area contributed by atoms with Crippen LogP contribution >= 0.6 is 0 Å². The van der Waals surface area contributed by atoms with E-state index in [-0.39, 0.29) is 11.3 Å². The summed E-state index contributed by atoms with van der Waals surface area (Å²) in [5.74, 6) is -1.03. The summed E-state index contributed by atoms with van der Waals surface area (Å²) in [4.78, 5) is 9.80. The topological polar surface area (TPSA) is 52.4 Å². The molecule has 1 radical (unpaired) electrons. The number of halogens is 3. The lowest BCUT2D eigenvalue weighted by Crippen LogP contribution is -2.18. The van der Waals surface area contributed by atoms with Gasteiger partial charge in [-0.1, -0.05) is 6.92 Å². The molecule has 1 aromatic carbocycles. The van der Waals surface area contributed by atoms with Crippen LogP contribution in [-0.4, -0.2) is 11.3 Å². The quantitative estimate of drug-likeness (QED) is 0.608. The molecule has 1 atom stereocenters. The van der Waals surface area contributed by atoms with E-state index in [1.165, 1.54) is 6.92 Å². The van der Waals surface area contributed by atoms with E-state index in [0.717, 1.165) is 18.2 Å². The maximum Gasteiger partial charge on any atom is 0.573 e. The first-order valence-electron chi connectivity index (χ1n) is 4.58. The maximum atomic E-state index is 12.1. The number of benzene rings is 1. The maximum absolute atomic E-state index is 12.1. The fourth-order valence-corrected chi connectivity index (χ4v) is 1.25. The van der Waals surface area contributed by atoms with Gasteiger partial charge in [-0.25, -0.2) is 0 Å². The minimum atomic E-state index is -4.83. The van der Waals surface area contributed by atoms with Crippen LogP contribution in [0.3, 0.4) is 0 Å². The van der Waals surface area contributed by atoms with Crippen LogP contribution in [0.2, 0.25) is 0 Å². The van der Waals surface area contributed by atoms with Crippen molar-refractivity contribution in [3.63, 3.8) is 0 Å². The highest BCUT2D eigenvalue weighted by atomic mass is 19.4. The average molecular weight is 248 g/mol. The molecular weight excluding hydrogens is 239 g/mol. The number of nitro groups is 1. The summed E-state index contributed by atoms with van der Waals surface area (Å²) in [6.45, 7) is 5.05. The van der Waals surface area contributed by atoms with Crippen molar-refractivity contribution >= 4 is 5.69 Å². The summed E-state index contributed by atoms with van der Waals surface area (Å²) < 4.78 is 40.0. The highest BCUT2D eigenvalue weighted by molar-refractivity contribution is 5.45. The van der Waals surface area contributed by atoms with Gasteiger partial charge in [0.25, 0.3) is 5.69 Å². The van der Waals surface area contributed by atoms with Crippen molar-refractivity contribution in [3.8, 4) is 5.75 Å². The number of alkyl halides is 3. The number of ether oxygens (including phenoxy) is 1. The van der Waals surface area contributed by atoms with Gasteiger partial charge in [0.15, 0.2) is 0 Å². The molecule has 4 nitrogen and oxygen atoms in total. The fraction of sp³-hybridized carbons (Fsp3) is 0.300. The Kier molecular flexibility index (Phi) is 3.59. The number of nitrogens with zero attached hydrogens (tertiary/aromatic N) is 1. The highest BCUT2D eigenvalue weighted by Crippen LogP contribution is 2.33. The molecule has 1 aromatic rings. The molecule has 0 heterocycles. The Morgan fingerprint density at radius 3 is 2.47 bits per heavy atom. The van der Waals surface area contributed by atoms with E-state index in [0.29, 0.717) is 0 Å². The summed E-state index contributed by atoms with van der Waals surface area (Å²) in [6.07, 6.45) is -4.83. The van der Waals surface area contributed by atoms with Crippen molar-refractivity contribution in [1.82, 2.24) is 0 Å². The van der Waals surface area contributed by atoms with Gasteiger partial charge in [-0.15, -0.1) is 13.2 Å². The Morgan fingerprint density at radius 2 is 2.06 bits per heavy atom. The first-order chi connectivity index (χ1) is 7.70. The summed E-state index contributed by atoms with van der Waals surface area (Å²) in [6, 6.07) is 2.90. The van der Waals surface area contributed by atoms with Gasteiger partial charge < -0.3 is 4.74 Å². The second-order valence-electron chi connectivity index (χ2n) is 3.43. The van der Waals surface area contributed by atoms with Crippen LogP contribution in [0.1, 0.15) is 18.4 Å². The Labute approximate surface area is 95.2 Å². The van der Waals surface area contributed by atoms with Crippen LogP contribution in [-0.2, 0) is 0 Å². The van der Waals surface area contributed by atoms with Crippen LogP contribution in [0, 0.1) is 17.0 Å². The number of hydrogen-bond donors (Lipinski definition) is 0. The SMILES string of the molecule is [CH2]C(C)c1cc([N+](=O)[O-])ccc1OC(F)(F)F. The highest BCUT2D eigenvalue weighted by Gasteiger charge is 2.32. The van der Waals surface area contributed by atoms with Crippen molar-refractivity contribution in [1.29, 1.82) is 0 Å². The molecule has 0 aliphatic heterocycles. The van der Waals surface area contributed by atoms with Gasteiger partial charge in [-0.05, 0) is 18.9 Å². The lowest BCUT2D eigenvalue weighted by atomic mass is 10.0. The van der Waals surface area contributed by atoms with Gasteiger partial charge in [0, 0.05) is 17.7 Å². The van der Waals surface area contributed by atoms with E-state index in [1.54, 1.807) is 0 Å². The van der Waals surface area contributed by atoms with Crippen LogP contribution in [0.5, 0.6) is 5.75 Å². The van der Waals surface area contributed by atoms with Gasteiger partial charge >= 0.3 is 6.36 Å². The van der Waals surface area contributed by atoms with Gasteiger partial charge in [-0.3, -0.25) is 10.1 Å². The number of nitro benzene ring substituents is 1. The molecule has 0 aliphatic rings. The van der Waals surface area contributed by atoms with E-state index in [2.05, 4.69) is 11.7 Å². The average Bonchev–Trinajstić information content (AvgIpc) is 2.14. The van der Waals surface area contributed by atoms with Crippen molar-refractivity contribution in [2.75, 3.05) is 0 Å². The molecule has 0 spiro atoms. The van der Waals surface area contributed by atoms with Gasteiger partial charge in [0.1, 0.15) is 5.75 Å². The smallest absolute Gasteiger partial charge is 0.405 e. The van der Waals surface area contributed by atoms with Crippen LogP contribution in [0.4, 0.5) is 18.9 Å². The van der Waals surface area contributed by atoms with E-state index >= 15 is 0 Å². The number of rotatable bonds is 3. The third kappa shape index (κ3) is 3.61. The summed E-state index contributed by atoms with van der Waals surface area (Å²) in [5.41, 5.74) is -0.262. The molecule has 1 unspecified atom stereocenters. The fourth-order valence-electron chi connectivity index (χ4n) is 1.25. The zero-order chi connectivity index (χ0) is 13.2. The molecule has 1 rings (SSSR count). The summed E-state index contributed by atoms with van der Waals surface area (Å²) in [7, 11) is 0. The van der Waals surface area contributed by atoms with Crippen LogP contribution in [0.15, 0.2) is 18.2 Å². The number of non-ortho nitro benzene ring substituents is 1. The standard InChI is InChI=1S/C10H9F3NO3/c1-6(2)8-5-7(14(15)16)3-4-9(8)17-10(11,12)13/h3-6H,1H2,2H3. The van der Waals surface area contributed by atoms with Gasteiger partial charge in [0.05, 0.1) is 4.92 Å². The third-order valence-electron chi connectivity index (χ3n) is 1.96. The Morgan fingerprint density at radius 1 is 1.47 bits per heavy atom. The zero-order valence-electron chi connectivity index (χ0n) is 8.82. The van der Waals surface area contributed by atoms with E-state index in [1.807, 2.05) is 0 Å². The molecule has 93 valence electrons. The van der Waals surface area contributed by atoms with E-state index in [4.69, 9.17) is 0 Å². The third-order valence-corrected chi connectivity index (χ3v) is 1.96. The predicted molar refractivity (Wildman–Crippen MR) is 53.6 cm³/mol. The Hall–Kier alpha value is -1.79. The normalized spacial score (nSPS) is 11.6. The molecule has 17 heavy (non-hydrogen) atoms. The van der Waals surface area contributed by atoms with E-state index < -0.39 is 23.0 Å². The monoisotopic (exact) mass is 248 g/mol. The van der Waals surface area contributed by atoms with Crippen molar-refractivity contribution < 1.29 is 22.8 Å². The summed E-state index contributed by atoms with van der Waals surface area (Å²) >= 11 is 0. The van der Waals surface area contributed by atoms with Crippen LogP contribution in [0.25, 0.3) is 0 Å². The molecule has 0 aromatic heterocycles. The van der Waals surface area contributed by atoms with Gasteiger partial charge in [-0.2, -0.15) is 0 Å². The van der Waals surface area contributed by atoms with E-state index in [9.17, 15) is 23.3 Å². The minimum Gasteiger partial charge on any atom is -0.405 e. The second kappa shape index (κ2) is 4.60. The zero-order valence-corrected chi connectivity index (χ0v) is 8.82. The Bertz CT molecular complexity index is 429. The lowest BCUT2D eigenvalue weighted by molar-refractivity contribution is -0.385. The molecule has 0 amide bonds. The molecule has 7 heteroatoms. The molecule has 0 N–H and O–H groups in total. The molecule has 0 aliphatic carbocycles. The Balaban J connectivity index is 3.18. The minimum absolute atomic E-state index is 0.0384. The first kappa shape index (κ1) is 13.3. The largest absolute Gasteiger partial charge is 0.573 e. The molecular formula is C10H9F3NO3. The first-order valence-corrected chi connectivity index (χ1v) is 4.58.